The number of amides is 2. The van der Waals surface area contributed by atoms with E-state index in [1.165, 1.54) is 8.61 Å². The molecule has 0 saturated carbocycles. The highest BCUT2D eigenvalue weighted by molar-refractivity contribution is 7.92. The first kappa shape index (κ1) is 32.2. The van der Waals surface area contributed by atoms with Crippen LogP contribution in [0, 0.1) is 0 Å². The van der Waals surface area contributed by atoms with Crippen molar-refractivity contribution in [1.82, 2.24) is 10.6 Å². The summed E-state index contributed by atoms with van der Waals surface area (Å²) in [5.74, 6) is -0.744. The third kappa shape index (κ3) is 8.91. The van der Waals surface area contributed by atoms with Crippen LogP contribution in [0.2, 0.25) is 0 Å². The maximum absolute atomic E-state index is 12.6. The van der Waals surface area contributed by atoms with Gasteiger partial charge in [-0.25, -0.2) is 16.8 Å². The van der Waals surface area contributed by atoms with Gasteiger partial charge in [0.2, 0.25) is 20.0 Å². The Morgan fingerprint density at radius 3 is 1.14 bits per heavy atom. The number of hydrogen-bond acceptors (Lipinski definition) is 6. The Labute approximate surface area is 258 Å². The number of nitrogens with one attached hydrogen (secondary N) is 2. The molecule has 12 heteroatoms. The van der Waals surface area contributed by atoms with Crippen LogP contribution in [0.5, 0.6) is 0 Å². The van der Waals surface area contributed by atoms with Crippen molar-refractivity contribution in [1.29, 1.82) is 0 Å². The molecule has 4 aromatic carbocycles. The predicted molar refractivity (Wildman–Crippen MR) is 172 cm³/mol. The Balaban J connectivity index is 1.29. The van der Waals surface area contributed by atoms with Crippen molar-refractivity contribution < 1.29 is 26.4 Å². The molecule has 230 valence electrons. The fourth-order valence-corrected chi connectivity index (χ4v) is 6.19. The fraction of sp³-hybridized carbons (Fsp3) is 0.188. The van der Waals surface area contributed by atoms with E-state index in [0.29, 0.717) is 22.5 Å². The maximum Gasteiger partial charge on any atom is 0.251 e. The molecular weight excluding hydrogens is 601 g/mol. The van der Waals surface area contributed by atoms with Crippen LogP contribution in [-0.4, -0.2) is 54.3 Å². The minimum absolute atomic E-state index is 0.160. The molecule has 0 radical (unpaired) electrons. The van der Waals surface area contributed by atoms with Crippen LogP contribution in [0.15, 0.2) is 109 Å². The van der Waals surface area contributed by atoms with Gasteiger partial charge in [0.05, 0.1) is 37.0 Å². The zero-order valence-electron chi connectivity index (χ0n) is 24.4. The largest absolute Gasteiger partial charge is 0.350 e. The maximum atomic E-state index is 12.6. The average molecular weight is 635 g/mol. The second kappa shape index (κ2) is 14.2. The first-order valence-corrected chi connectivity index (χ1v) is 17.4. The van der Waals surface area contributed by atoms with Crippen molar-refractivity contribution in [3.8, 4) is 0 Å². The van der Waals surface area contributed by atoms with Gasteiger partial charge in [-0.2, -0.15) is 0 Å². The molecule has 0 fully saturated rings. The highest BCUT2D eigenvalue weighted by Gasteiger charge is 2.20. The summed E-state index contributed by atoms with van der Waals surface area (Å²) in [6.45, 7) is 0.647. The minimum Gasteiger partial charge on any atom is -0.350 e. The fourth-order valence-electron chi connectivity index (χ4n) is 4.41. The molecule has 0 aliphatic carbocycles. The van der Waals surface area contributed by atoms with Crippen LogP contribution in [-0.2, 0) is 33.1 Å². The van der Waals surface area contributed by atoms with Crippen LogP contribution < -0.4 is 19.2 Å². The van der Waals surface area contributed by atoms with Gasteiger partial charge < -0.3 is 10.6 Å². The van der Waals surface area contributed by atoms with E-state index >= 15 is 0 Å². The minimum atomic E-state index is -3.56. The molecule has 0 bridgehead atoms. The van der Waals surface area contributed by atoms with E-state index in [-0.39, 0.29) is 38.0 Å². The van der Waals surface area contributed by atoms with E-state index in [1.807, 2.05) is 60.7 Å². The monoisotopic (exact) mass is 634 g/mol. The van der Waals surface area contributed by atoms with Crippen LogP contribution in [0.3, 0.4) is 0 Å². The third-order valence-electron chi connectivity index (χ3n) is 6.67. The lowest BCUT2D eigenvalue weighted by Crippen LogP contribution is -2.34. The number of rotatable bonds is 13. The van der Waals surface area contributed by atoms with E-state index in [1.54, 1.807) is 48.5 Å². The molecule has 4 aromatic rings. The van der Waals surface area contributed by atoms with Gasteiger partial charge in [0.1, 0.15) is 0 Å². The topological polar surface area (TPSA) is 133 Å². The normalized spacial score (nSPS) is 11.4. The second-order valence-electron chi connectivity index (χ2n) is 10.1. The van der Waals surface area contributed by atoms with Crippen molar-refractivity contribution >= 4 is 43.2 Å². The van der Waals surface area contributed by atoms with E-state index in [4.69, 9.17) is 0 Å². The van der Waals surface area contributed by atoms with Crippen molar-refractivity contribution in [3.63, 3.8) is 0 Å². The first-order chi connectivity index (χ1) is 20.9. The highest BCUT2D eigenvalue weighted by Crippen LogP contribution is 2.22. The van der Waals surface area contributed by atoms with Gasteiger partial charge >= 0.3 is 0 Å². The molecule has 0 saturated heterocycles. The quantitative estimate of drug-likeness (QED) is 0.215. The van der Waals surface area contributed by atoms with Crippen LogP contribution in [0.4, 0.5) is 11.4 Å². The summed E-state index contributed by atoms with van der Waals surface area (Å²) in [4.78, 5) is 25.3. The van der Waals surface area contributed by atoms with Crippen LogP contribution >= 0.6 is 0 Å². The molecule has 10 nitrogen and oxygen atoms in total. The lowest BCUT2D eigenvalue weighted by molar-refractivity contribution is 0.0927. The smallest absolute Gasteiger partial charge is 0.251 e. The molecule has 0 aliphatic rings. The van der Waals surface area contributed by atoms with Gasteiger partial charge in [-0.3, -0.25) is 18.2 Å². The summed E-state index contributed by atoms with van der Waals surface area (Å²) >= 11 is 0. The van der Waals surface area contributed by atoms with Gasteiger partial charge in [0.25, 0.3) is 11.8 Å². The van der Waals surface area contributed by atoms with Crippen molar-refractivity contribution in [2.24, 2.45) is 0 Å². The zero-order valence-corrected chi connectivity index (χ0v) is 26.0. The number of benzene rings is 4. The first-order valence-electron chi connectivity index (χ1n) is 13.7. The lowest BCUT2D eigenvalue weighted by atomic mass is 10.1. The molecule has 0 atom stereocenters. The molecule has 4 rings (SSSR count). The zero-order chi connectivity index (χ0) is 31.7. The Kier molecular flexibility index (Phi) is 10.4. The number of sulfonamides is 2. The molecule has 0 heterocycles. The molecule has 2 amide bonds. The summed E-state index contributed by atoms with van der Waals surface area (Å²) in [5, 5.41) is 5.46. The number of nitrogens with zero attached hydrogens (tertiary/aromatic N) is 2. The van der Waals surface area contributed by atoms with Crippen molar-refractivity contribution in [2.45, 2.75) is 13.1 Å². The van der Waals surface area contributed by atoms with E-state index in [2.05, 4.69) is 10.6 Å². The van der Waals surface area contributed by atoms with E-state index in [9.17, 15) is 26.4 Å². The molecule has 0 aliphatic heterocycles. The second-order valence-corrected chi connectivity index (χ2v) is 13.9. The van der Waals surface area contributed by atoms with Gasteiger partial charge in [-0.1, -0.05) is 60.7 Å². The number of hydrogen-bond donors (Lipinski definition) is 2. The third-order valence-corrected chi connectivity index (χ3v) is 8.95. The van der Waals surface area contributed by atoms with Gasteiger partial charge in [-0.15, -0.1) is 0 Å². The summed E-state index contributed by atoms with van der Waals surface area (Å²) in [6.07, 6.45) is 2.27. The molecule has 44 heavy (non-hydrogen) atoms. The van der Waals surface area contributed by atoms with Crippen LogP contribution in [0.25, 0.3) is 0 Å². The number of anilines is 2. The summed E-state index contributed by atoms with van der Waals surface area (Å²) in [6, 6.07) is 30.9. The molecule has 2 N–H and O–H groups in total. The number of carbonyl (C=O) groups excluding carboxylic acids is 2. The predicted octanol–water partition coefficient (Wildman–Crippen LogP) is 3.78. The highest BCUT2D eigenvalue weighted by atomic mass is 32.2. The number of carbonyl (C=O) groups is 2. The van der Waals surface area contributed by atoms with E-state index in [0.717, 1.165) is 23.6 Å². The molecule has 0 unspecified atom stereocenters. The summed E-state index contributed by atoms with van der Waals surface area (Å²) in [7, 11) is -7.12. The Hall–Kier alpha value is -4.68. The Morgan fingerprint density at radius 1 is 0.523 bits per heavy atom. The van der Waals surface area contributed by atoms with Crippen molar-refractivity contribution in [2.75, 3.05) is 34.2 Å². The summed E-state index contributed by atoms with van der Waals surface area (Å²) < 4.78 is 52.2. The Morgan fingerprint density at radius 2 is 0.841 bits per heavy atom. The van der Waals surface area contributed by atoms with Gasteiger partial charge in [0, 0.05) is 24.2 Å². The van der Waals surface area contributed by atoms with Gasteiger partial charge in [0.15, 0.2) is 0 Å². The van der Waals surface area contributed by atoms with Crippen LogP contribution in [0.1, 0.15) is 31.8 Å². The lowest BCUT2D eigenvalue weighted by Gasteiger charge is -2.23. The average Bonchev–Trinajstić information content (AvgIpc) is 3.01. The Bertz CT molecular complexity index is 1650. The molecular formula is C32H34N4O6S2. The standard InChI is InChI=1S/C32H34N4O6S2/c1-43(39,40)35(23-25-9-5-3-6-10-25)29-17-13-27(14-18-29)31(37)33-21-22-34-32(38)28-15-19-30(20-16-28)36(44(2,41)42)24-26-11-7-4-8-12-26/h3-20H,21-24H2,1-2H3,(H,33,37)(H,34,38). The van der Waals surface area contributed by atoms with Crippen molar-refractivity contribution in [3.05, 3.63) is 131 Å². The van der Waals surface area contributed by atoms with Gasteiger partial charge in [-0.05, 0) is 59.7 Å². The molecule has 0 spiro atoms. The molecule has 0 aromatic heterocycles. The van der Waals surface area contributed by atoms with E-state index < -0.39 is 20.0 Å². The SMILES string of the molecule is CS(=O)(=O)N(Cc1ccccc1)c1ccc(C(=O)NCCNC(=O)c2ccc(N(Cc3ccccc3)S(C)(=O)=O)cc2)cc1. The summed E-state index contributed by atoms with van der Waals surface area (Å²) in [5.41, 5.74) is 3.22.